The van der Waals surface area contributed by atoms with Crippen molar-refractivity contribution in [2.75, 3.05) is 10.2 Å². The van der Waals surface area contributed by atoms with E-state index in [1.807, 2.05) is 24.3 Å². The van der Waals surface area contributed by atoms with Gasteiger partial charge in [0, 0.05) is 28.0 Å². The van der Waals surface area contributed by atoms with Gasteiger partial charge < -0.3 is 10.2 Å². The molecule has 1 aliphatic heterocycles. The second kappa shape index (κ2) is 10.7. The first kappa shape index (κ1) is 27.8. The number of nitrogens with zero attached hydrogens (tertiary/aromatic N) is 1. The van der Waals surface area contributed by atoms with Gasteiger partial charge in [0.2, 0.25) is 5.91 Å². The van der Waals surface area contributed by atoms with Crippen molar-refractivity contribution in [2.24, 2.45) is 0 Å². The van der Waals surface area contributed by atoms with E-state index in [0.29, 0.717) is 11.3 Å². The van der Waals surface area contributed by atoms with Gasteiger partial charge in [0.1, 0.15) is 0 Å². The van der Waals surface area contributed by atoms with Crippen LogP contribution in [0.4, 0.5) is 22.7 Å². The maximum atomic E-state index is 12.6. The van der Waals surface area contributed by atoms with E-state index in [9.17, 15) is 9.59 Å². The number of carbonyl (C=O) groups excluding carboxylic acids is 2. The summed E-state index contributed by atoms with van der Waals surface area (Å²) in [4.78, 5) is 26.7. The standard InChI is InChI=1S/C42H32N2O2/c1-42(2)37-11-7-6-10-34(37)35-22-21-33(25-38(35)42)44(31-17-12-28(13-18-31)27-8-4-3-5-9-27)32-19-14-29(15-20-32)30-16-23-39-36(24-30)40(45)26-41(46)43-39/h3-25H,26H2,1-2H3,(H,43,46). The number of anilines is 4. The Morgan fingerprint density at radius 1 is 0.522 bits per heavy atom. The fraction of sp³-hybridized carbons (Fsp3) is 0.0952. The summed E-state index contributed by atoms with van der Waals surface area (Å²) >= 11 is 0. The Kier molecular flexibility index (Phi) is 6.47. The summed E-state index contributed by atoms with van der Waals surface area (Å²) < 4.78 is 0. The monoisotopic (exact) mass is 596 g/mol. The minimum atomic E-state index is -0.259. The highest BCUT2D eigenvalue weighted by molar-refractivity contribution is 6.19. The van der Waals surface area contributed by atoms with E-state index in [1.165, 1.54) is 33.4 Å². The van der Waals surface area contributed by atoms with Crippen molar-refractivity contribution in [1.82, 2.24) is 0 Å². The zero-order valence-electron chi connectivity index (χ0n) is 25.7. The van der Waals surface area contributed by atoms with Crippen molar-refractivity contribution >= 4 is 34.4 Å². The molecule has 6 aromatic carbocycles. The van der Waals surface area contributed by atoms with E-state index < -0.39 is 0 Å². The second-order valence-electron chi connectivity index (χ2n) is 12.6. The van der Waals surface area contributed by atoms with Crippen LogP contribution < -0.4 is 10.2 Å². The Morgan fingerprint density at radius 2 is 1.09 bits per heavy atom. The van der Waals surface area contributed by atoms with Crippen LogP contribution in [0.25, 0.3) is 33.4 Å². The molecule has 0 saturated heterocycles. The third-order valence-electron chi connectivity index (χ3n) is 9.43. The Labute approximate surface area is 269 Å². The Bertz CT molecular complexity index is 2150. The van der Waals surface area contributed by atoms with Crippen LogP contribution in [0.2, 0.25) is 0 Å². The van der Waals surface area contributed by atoms with Crippen LogP contribution in [0.1, 0.15) is 41.8 Å². The molecule has 0 atom stereocenters. The molecule has 8 rings (SSSR count). The number of benzene rings is 6. The van der Waals surface area contributed by atoms with Gasteiger partial charge in [-0.3, -0.25) is 9.59 Å². The summed E-state index contributed by atoms with van der Waals surface area (Å²) in [6.07, 6.45) is -0.115. The molecule has 222 valence electrons. The molecule has 0 aromatic heterocycles. The molecule has 0 fully saturated rings. The van der Waals surface area contributed by atoms with Crippen molar-refractivity contribution < 1.29 is 9.59 Å². The topological polar surface area (TPSA) is 49.4 Å². The minimum absolute atomic E-state index is 0.113. The number of amides is 1. The molecule has 4 heteroatoms. The van der Waals surface area contributed by atoms with Gasteiger partial charge >= 0.3 is 0 Å². The lowest BCUT2D eigenvalue weighted by molar-refractivity contribution is -0.115. The number of hydrogen-bond donors (Lipinski definition) is 1. The molecule has 2 aliphatic rings. The van der Waals surface area contributed by atoms with Crippen LogP contribution in [0, 0.1) is 0 Å². The van der Waals surface area contributed by atoms with Crippen LogP contribution >= 0.6 is 0 Å². The lowest BCUT2D eigenvalue weighted by Crippen LogP contribution is -2.23. The van der Waals surface area contributed by atoms with E-state index in [0.717, 1.165) is 28.2 Å². The highest BCUT2D eigenvalue weighted by atomic mass is 16.2. The minimum Gasteiger partial charge on any atom is -0.325 e. The lowest BCUT2D eigenvalue weighted by atomic mass is 9.82. The molecule has 1 amide bonds. The number of fused-ring (bicyclic) bond motifs is 4. The summed E-state index contributed by atoms with van der Waals surface area (Å²) in [6, 6.07) is 48.8. The van der Waals surface area contributed by atoms with E-state index >= 15 is 0 Å². The molecule has 0 bridgehead atoms. The number of rotatable bonds is 5. The molecule has 1 N–H and O–H groups in total. The third kappa shape index (κ3) is 4.62. The molecular weight excluding hydrogens is 564 g/mol. The van der Waals surface area contributed by atoms with E-state index in [2.05, 4.69) is 139 Å². The SMILES string of the molecule is CC1(C)c2ccccc2-c2ccc(N(c3ccc(-c4ccccc4)cc3)c3ccc(-c4ccc5c(c4)C(=O)CC(=O)N5)cc3)cc21. The molecule has 0 spiro atoms. The van der Waals surface area contributed by atoms with E-state index in [4.69, 9.17) is 0 Å². The maximum absolute atomic E-state index is 12.6. The normalized spacial score (nSPS) is 14.2. The van der Waals surface area contributed by atoms with Crippen molar-refractivity contribution in [1.29, 1.82) is 0 Å². The van der Waals surface area contributed by atoms with Crippen LogP contribution in [-0.4, -0.2) is 11.7 Å². The molecule has 1 aliphatic carbocycles. The number of carbonyl (C=O) groups is 2. The van der Waals surface area contributed by atoms with Crippen molar-refractivity contribution in [3.63, 3.8) is 0 Å². The molecule has 0 radical (unpaired) electrons. The van der Waals surface area contributed by atoms with Gasteiger partial charge in [-0.25, -0.2) is 0 Å². The van der Waals surface area contributed by atoms with Crippen LogP contribution in [0.5, 0.6) is 0 Å². The predicted molar refractivity (Wildman–Crippen MR) is 187 cm³/mol. The average Bonchev–Trinajstić information content (AvgIpc) is 3.31. The maximum Gasteiger partial charge on any atom is 0.232 e. The van der Waals surface area contributed by atoms with E-state index in [1.54, 1.807) is 0 Å². The zero-order valence-corrected chi connectivity index (χ0v) is 25.7. The molecule has 1 heterocycles. The first-order valence-corrected chi connectivity index (χ1v) is 15.6. The quantitative estimate of drug-likeness (QED) is 0.202. The second-order valence-corrected chi connectivity index (χ2v) is 12.6. The zero-order chi connectivity index (χ0) is 31.4. The van der Waals surface area contributed by atoms with Crippen LogP contribution in [0.3, 0.4) is 0 Å². The first-order valence-electron chi connectivity index (χ1n) is 15.6. The highest BCUT2D eigenvalue weighted by Crippen LogP contribution is 2.50. The summed E-state index contributed by atoms with van der Waals surface area (Å²) in [5.41, 5.74) is 13.8. The fourth-order valence-electron chi connectivity index (χ4n) is 7.01. The van der Waals surface area contributed by atoms with Gasteiger partial charge in [0.15, 0.2) is 5.78 Å². The van der Waals surface area contributed by atoms with Gasteiger partial charge in [-0.05, 0) is 93.0 Å². The van der Waals surface area contributed by atoms with Crippen molar-refractivity contribution in [3.05, 3.63) is 156 Å². The van der Waals surface area contributed by atoms with Crippen molar-refractivity contribution in [2.45, 2.75) is 25.7 Å². The smallest absolute Gasteiger partial charge is 0.232 e. The van der Waals surface area contributed by atoms with Gasteiger partial charge in [-0.15, -0.1) is 0 Å². The Morgan fingerprint density at radius 3 is 1.80 bits per heavy atom. The van der Waals surface area contributed by atoms with Gasteiger partial charge in [-0.1, -0.05) is 105 Å². The van der Waals surface area contributed by atoms with Gasteiger partial charge in [-0.2, -0.15) is 0 Å². The number of Topliss-reactive ketones (excluding diaryl/α,β-unsaturated/α-hetero) is 1. The highest BCUT2D eigenvalue weighted by Gasteiger charge is 2.35. The van der Waals surface area contributed by atoms with Crippen LogP contribution in [-0.2, 0) is 10.2 Å². The Balaban J connectivity index is 1.21. The molecule has 6 aromatic rings. The van der Waals surface area contributed by atoms with Crippen LogP contribution in [0.15, 0.2) is 140 Å². The number of ketones is 1. The van der Waals surface area contributed by atoms with E-state index in [-0.39, 0.29) is 23.5 Å². The molecule has 4 nitrogen and oxygen atoms in total. The summed E-state index contributed by atoms with van der Waals surface area (Å²) in [5, 5.41) is 2.81. The number of hydrogen-bond acceptors (Lipinski definition) is 3. The van der Waals surface area contributed by atoms with Crippen molar-refractivity contribution in [3.8, 4) is 33.4 Å². The fourth-order valence-corrected chi connectivity index (χ4v) is 7.01. The predicted octanol–water partition coefficient (Wildman–Crippen LogP) is 10.3. The van der Waals surface area contributed by atoms with Gasteiger partial charge in [0.05, 0.1) is 12.1 Å². The molecule has 0 unspecified atom stereocenters. The summed E-state index contributed by atoms with van der Waals surface area (Å²) in [6.45, 7) is 4.62. The largest absolute Gasteiger partial charge is 0.325 e. The number of nitrogens with one attached hydrogen (secondary N) is 1. The average molecular weight is 597 g/mol. The Hall–Kier alpha value is -5.74. The summed E-state index contributed by atoms with van der Waals surface area (Å²) in [7, 11) is 0. The molecule has 46 heavy (non-hydrogen) atoms. The molecular formula is C42H32N2O2. The summed E-state index contributed by atoms with van der Waals surface area (Å²) in [5.74, 6) is -0.408. The lowest BCUT2D eigenvalue weighted by Gasteiger charge is -2.28. The molecule has 0 saturated carbocycles. The first-order chi connectivity index (χ1) is 22.4. The van der Waals surface area contributed by atoms with Gasteiger partial charge in [0.25, 0.3) is 0 Å². The third-order valence-corrected chi connectivity index (χ3v) is 9.43.